The first-order chi connectivity index (χ1) is 18.8. The van der Waals surface area contributed by atoms with Crippen LogP contribution < -0.4 is 5.73 Å². The number of rotatable bonds is 4. The molecular formula is C29H33FN8O. The molecule has 0 saturated carbocycles. The van der Waals surface area contributed by atoms with E-state index in [0.717, 1.165) is 52.9 Å². The second kappa shape index (κ2) is 9.83. The van der Waals surface area contributed by atoms with Gasteiger partial charge >= 0.3 is 6.03 Å². The van der Waals surface area contributed by atoms with Crippen LogP contribution in [0.3, 0.4) is 0 Å². The van der Waals surface area contributed by atoms with Gasteiger partial charge in [0.05, 0.1) is 12.2 Å². The minimum atomic E-state index is -0.241. The molecule has 39 heavy (non-hydrogen) atoms. The SMILES string of the molecule is CC1CC(c2cc(C3CCN(C(=O)N(C)C)CC3)n3ncnc(N)c23)=Cc2nn(Cc3ccc(F)cc3)cc21. The smallest absolute Gasteiger partial charge is 0.319 e. The minimum absolute atomic E-state index is 0.0525. The van der Waals surface area contributed by atoms with Gasteiger partial charge in [0.25, 0.3) is 0 Å². The van der Waals surface area contributed by atoms with E-state index in [4.69, 9.17) is 10.8 Å². The maximum atomic E-state index is 13.3. The van der Waals surface area contributed by atoms with Gasteiger partial charge in [0.15, 0.2) is 5.82 Å². The number of halogens is 1. The first kappa shape index (κ1) is 25.1. The van der Waals surface area contributed by atoms with Crippen molar-refractivity contribution in [1.29, 1.82) is 0 Å². The van der Waals surface area contributed by atoms with E-state index in [2.05, 4.69) is 35.3 Å². The standard InChI is InChI=1S/C29H33FN8O/c1-18-12-21(13-25-24(18)16-37(34-25)15-19-4-6-22(30)7-5-19)23-14-26(38-27(23)28(31)32-17-33-38)20-8-10-36(11-9-20)29(39)35(2)3/h4-7,13-14,16-18,20H,8-12,15H2,1-3H3,(H2,31,32,33). The molecule has 2 N–H and O–H groups in total. The lowest BCUT2D eigenvalue weighted by atomic mass is 9.85. The van der Waals surface area contributed by atoms with Gasteiger partial charge in [-0.25, -0.2) is 18.7 Å². The summed E-state index contributed by atoms with van der Waals surface area (Å²) < 4.78 is 17.2. The van der Waals surface area contributed by atoms with Crippen LogP contribution in [0.2, 0.25) is 0 Å². The molecule has 4 aromatic rings. The van der Waals surface area contributed by atoms with Crippen molar-refractivity contribution in [2.45, 2.75) is 44.6 Å². The van der Waals surface area contributed by atoms with Gasteiger partial charge in [-0.3, -0.25) is 4.68 Å². The van der Waals surface area contributed by atoms with Crippen LogP contribution in [0.25, 0.3) is 17.2 Å². The van der Waals surface area contributed by atoms with E-state index in [1.807, 2.05) is 14.1 Å². The number of aromatic nitrogens is 5. The molecular weight excluding hydrogens is 495 g/mol. The van der Waals surface area contributed by atoms with Gasteiger partial charge < -0.3 is 15.5 Å². The van der Waals surface area contributed by atoms with Crippen molar-refractivity contribution in [2.24, 2.45) is 0 Å². The third-order valence-corrected chi connectivity index (χ3v) is 7.97. The Labute approximate surface area is 226 Å². The van der Waals surface area contributed by atoms with Crippen LogP contribution in [0, 0.1) is 5.82 Å². The number of nitrogens with two attached hydrogens (primary N) is 1. The monoisotopic (exact) mass is 528 g/mol. The molecule has 1 fully saturated rings. The summed E-state index contributed by atoms with van der Waals surface area (Å²) in [6, 6.07) is 8.81. The molecule has 6 rings (SSSR count). The van der Waals surface area contributed by atoms with Crippen molar-refractivity contribution in [3.8, 4) is 0 Å². The third kappa shape index (κ3) is 4.64. The molecule has 0 spiro atoms. The second-order valence-corrected chi connectivity index (χ2v) is 10.9. The molecule has 2 aliphatic rings. The molecule has 3 aromatic heterocycles. The molecule has 202 valence electrons. The highest BCUT2D eigenvalue weighted by atomic mass is 19.1. The van der Waals surface area contributed by atoms with Crippen LogP contribution in [0.15, 0.2) is 42.9 Å². The Hall–Kier alpha value is -4.21. The van der Waals surface area contributed by atoms with Gasteiger partial charge in [0.1, 0.15) is 17.7 Å². The number of carbonyl (C=O) groups excluding carboxylic acids is 1. The van der Waals surface area contributed by atoms with Crippen LogP contribution in [-0.4, -0.2) is 67.4 Å². The number of anilines is 1. The van der Waals surface area contributed by atoms with Crippen molar-refractivity contribution in [3.63, 3.8) is 0 Å². The Balaban J connectivity index is 1.32. The zero-order valence-electron chi connectivity index (χ0n) is 22.5. The number of fused-ring (bicyclic) bond motifs is 2. The van der Waals surface area contributed by atoms with Gasteiger partial charge in [-0.2, -0.15) is 10.2 Å². The third-order valence-electron chi connectivity index (χ3n) is 7.97. The summed E-state index contributed by atoms with van der Waals surface area (Å²) in [5.41, 5.74) is 13.7. The van der Waals surface area contributed by atoms with E-state index in [0.29, 0.717) is 25.5 Å². The zero-order chi connectivity index (χ0) is 27.3. The average Bonchev–Trinajstić information content (AvgIpc) is 3.52. The lowest BCUT2D eigenvalue weighted by Crippen LogP contribution is -2.43. The second-order valence-electron chi connectivity index (χ2n) is 10.9. The molecule has 0 bridgehead atoms. The first-order valence-electron chi connectivity index (χ1n) is 13.4. The normalized spacial score (nSPS) is 17.8. The number of hydrogen-bond acceptors (Lipinski definition) is 5. The summed E-state index contributed by atoms with van der Waals surface area (Å²) >= 11 is 0. The quantitative estimate of drug-likeness (QED) is 0.417. The molecule has 0 radical (unpaired) electrons. The lowest BCUT2D eigenvalue weighted by Gasteiger charge is -2.33. The maximum Gasteiger partial charge on any atom is 0.319 e. The van der Waals surface area contributed by atoms with Gasteiger partial charge in [-0.05, 0) is 60.6 Å². The largest absolute Gasteiger partial charge is 0.382 e. The van der Waals surface area contributed by atoms with E-state index in [9.17, 15) is 9.18 Å². The highest BCUT2D eigenvalue weighted by molar-refractivity contribution is 5.93. The van der Waals surface area contributed by atoms with Crippen LogP contribution in [-0.2, 0) is 6.54 Å². The summed E-state index contributed by atoms with van der Waals surface area (Å²) in [6.07, 6.45) is 8.33. The number of urea groups is 1. The maximum absolute atomic E-state index is 13.3. The number of hydrogen-bond donors (Lipinski definition) is 1. The lowest BCUT2D eigenvalue weighted by molar-refractivity contribution is 0.156. The predicted octanol–water partition coefficient (Wildman–Crippen LogP) is 4.60. The number of piperidine rings is 1. The van der Waals surface area contributed by atoms with Crippen LogP contribution >= 0.6 is 0 Å². The summed E-state index contributed by atoms with van der Waals surface area (Å²) in [6.45, 7) is 4.21. The summed E-state index contributed by atoms with van der Waals surface area (Å²) in [5.74, 6) is 0.743. The van der Waals surface area contributed by atoms with Crippen LogP contribution in [0.4, 0.5) is 15.0 Å². The van der Waals surface area contributed by atoms with Crippen molar-refractivity contribution in [1.82, 2.24) is 34.2 Å². The predicted molar refractivity (Wildman–Crippen MR) is 149 cm³/mol. The number of amides is 2. The summed E-state index contributed by atoms with van der Waals surface area (Å²) in [4.78, 5) is 20.3. The van der Waals surface area contributed by atoms with Gasteiger partial charge in [0.2, 0.25) is 0 Å². The Kier molecular flexibility index (Phi) is 6.32. The van der Waals surface area contributed by atoms with Crippen LogP contribution in [0.5, 0.6) is 0 Å². The van der Waals surface area contributed by atoms with Crippen molar-refractivity contribution in [2.75, 3.05) is 32.9 Å². The number of allylic oxidation sites excluding steroid dienone is 1. The molecule has 4 heterocycles. The average molecular weight is 529 g/mol. The molecule has 1 aliphatic heterocycles. The first-order valence-corrected chi connectivity index (χ1v) is 13.4. The molecule has 1 atom stereocenters. The molecule has 2 amide bonds. The number of nitrogens with zero attached hydrogens (tertiary/aromatic N) is 7. The fraction of sp³-hybridized carbons (Fsp3) is 0.379. The number of nitrogen functional groups attached to an aromatic ring is 1. The highest BCUT2D eigenvalue weighted by Gasteiger charge is 2.30. The topological polar surface area (TPSA) is 97.6 Å². The summed E-state index contributed by atoms with van der Waals surface area (Å²) in [5, 5.41) is 9.47. The van der Waals surface area contributed by atoms with Gasteiger partial charge in [-0.15, -0.1) is 0 Å². The molecule has 1 saturated heterocycles. The van der Waals surface area contributed by atoms with E-state index in [1.54, 1.807) is 31.1 Å². The fourth-order valence-corrected chi connectivity index (χ4v) is 5.93. The van der Waals surface area contributed by atoms with Gasteiger partial charge in [-0.1, -0.05) is 19.1 Å². The Morgan fingerprint density at radius 1 is 1.18 bits per heavy atom. The summed E-state index contributed by atoms with van der Waals surface area (Å²) in [7, 11) is 3.58. The number of carbonyl (C=O) groups is 1. The molecule has 1 aromatic carbocycles. The van der Waals surface area contributed by atoms with E-state index in [-0.39, 0.29) is 23.7 Å². The Morgan fingerprint density at radius 3 is 2.64 bits per heavy atom. The van der Waals surface area contributed by atoms with Crippen molar-refractivity contribution >= 4 is 29.0 Å². The fourth-order valence-electron chi connectivity index (χ4n) is 5.93. The molecule has 1 unspecified atom stereocenters. The number of benzene rings is 1. The van der Waals surface area contributed by atoms with Crippen molar-refractivity contribution < 1.29 is 9.18 Å². The molecule has 10 heteroatoms. The van der Waals surface area contributed by atoms with E-state index in [1.165, 1.54) is 24.0 Å². The Morgan fingerprint density at radius 2 is 1.92 bits per heavy atom. The van der Waals surface area contributed by atoms with E-state index >= 15 is 0 Å². The highest BCUT2D eigenvalue weighted by Crippen LogP contribution is 2.42. The number of likely N-dealkylation sites (tertiary alicyclic amines) is 1. The van der Waals surface area contributed by atoms with E-state index < -0.39 is 0 Å². The van der Waals surface area contributed by atoms with Crippen molar-refractivity contribution in [3.05, 3.63) is 76.8 Å². The van der Waals surface area contributed by atoms with Gasteiger partial charge in [0, 0.05) is 56.1 Å². The zero-order valence-corrected chi connectivity index (χ0v) is 22.5. The Bertz CT molecular complexity index is 1560. The molecule has 1 aliphatic carbocycles. The molecule has 9 nitrogen and oxygen atoms in total. The van der Waals surface area contributed by atoms with Crippen LogP contribution in [0.1, 0.15) is 66.1 Å². The minimum Gasteiger partial charge on any atom is -0.382 e.